The quantitative estimate of drug-likeness (QED) is 0.657. The maximum absolute atomic E-state index is 5.36. The summed E-state index contributed by atoms with van der Waals surface area (Å²) in [5, 5.41) is 4.54. The average Bonchev–Trinajstić information content (AvgIpc) is 3.23. The summed E-state index contributed by atoms with van der Waals surface area (Å²) in [7, 11) is 1.71. The Hall–Kier alpha value is -2.11. The van der Waals surface area contributed by atoms with Crippen LogP contribution in [0.2, 0.25) is 0 Å². The van der Waals surface area contributed by atoms with Crippen LogP contribution in [0, 0.1) is 0 Å². The fourth-order valence-electron chi connectivity index (χ4n) is 2.33. The summed E-state index contributed by atoms with van der Waals surface area (Å²) in [5.74, 6) is 0.951. The smallest absolute Gasteiger partial charge is 0.122 e. The zero-order chi connectivity index (χ0) is 15.2. The number of nitrogens with one attached hydrogen (secondary N) is 2. The van der Waals surface area contributed by atoms with Gasteiger partial charge in [-0.1, -0.05) is 18.2 Å². The zero-order valence-electron chi connectivity index (χ0n) is 12.5. The molecule has 1 aromatic carbocycles. The second-order valence-corrected chi connectivity index (χ2v) is 6.06. The number of aromatic amines is 1. The van der Waals surface area contributed by atoms with Crippen molar-refractivity contribution in [3.8, 4) is 16.3 Å². The number of benzene rings is 1. The van der Waals surface area contributed by atoms with Crippen LogP contribution >= 0.6 is 11.3 Å². The fourth-order valence-corrected chi connectivity index (χ4v) is 3.20. The van der Waals surface area contributed by atoms with Gasteiger partial charge in [-0.3, -0.25) is 0 Å². The molecule has 0 radical (unpaired) electrons. The van der Waals surface area contributed by atoms with Crippen LogP contribution in [0.4, 0.5) is 0 Å². The molecule has 0 fully saturated rings. The molecule has 2 N–H and O–H groups in total. The van der Waals surface area contributed by atoms with Crippen LogP contribution in [0.15, 0.2) is 48.8 Å². The van der Waals surface area contributed by atoms with Gasteiger partial charge in [-0.2, -0.15) is 0 Å². The highest BCUT2D eigenvalue weighted by atomic mass is 32.1. The largest absolute Gasteiger partial charge is 0.496 e. The minimum atomic E-state index is 0.792. The van der Waals surface area contributed by atoms with Gasteiger partial charge >= 0.3 is 0 Å². The average molecular weight is 313 g/mol. The van der Waals surface area contributed by atoms with Crippen molar-refractivity contribution in [2.24, 2.45) is 0 Å². The van der Waals surface area contributed by atoms with E-state index in [-0.39, 0.29) is 0 Å². The predicted molar refractivity (Wildman–Crippen MR) is 90.3 cm³/mol. The van der Waals surface area contributed by atoms with Crippen LogP contribution in [-0.2, 0) is 13.0 Å². The van der Waals surface area contributed by atoms with Crippen LogP contribution < -0.4 is 10.1 Å². The number of nitrogens with zero attached hydrogens (tertiary/aromatic N) is 1. The van der Waals surface area contributed by atoms with E-state index >= 15 is 0 Å². The van der Waals surface area contributed by atoms with Crippen molar-refractivity contribution in [2.45, 2.75) is 13.0 Å². The van der Waals surface area contributed by atoms with Crippen molar-refractivity contribution < 1.29 is 4.74 Å². The Kier molecular flexibility index (Phi) is 4.88. The minimum absolute atomic E-state index is 0.792. The zero-order valence-corrected chi connectivity index (χ0v) is 13.3. The normalized spacial score (nSPS) is 10.8. The molecule has 0 saturated heterocycles. The number of methoxy groups -OCH3 is 1. The van der Waals surface area contributed by atoms with Crippen LogP contribution in [0.25, 0.3) is 10.6 Å². The van der Waals surface area contributed by atoms with Crippen LogP contribution in [0.5, 0.6) is 5.75 Å². The molecule has 0 amide bonds. The summed E-state index contributed by atoms with van der Waals surface area (Å²) in [6.45, 7) is 1.69. The molecule has 114 valence electrons. The summed E-state index contributed by atoms with van der Waals surface area (Å²) in [5.41, 5.74) is 2.35. The maximum Gasteiger partial charge on any atom is 0.122 e. The first-order chi connectivity index (χ1) is 10.9. The lowest BCUT2D eigenvalue weighted by molar-refractivity contribution is 0.409. The Labute approximate surface area is 134 Å². The Balaban J connectivity index is 1.49. The Morgan fingerprint density at radius 1 is 1.23 bits per heavy atom. The topological polar surface area (TPSA) is 49.9 Å². The highest BCUT2D eigenvalue weighted by molar-refractivity contribution is 7.15. The van der Waals surface area contributed by atoms with Crippen LogP contribution in [0.3, 0.4) is 0 Å². The molecular formula is C17H19N3OS. The van der Waals surface area contributed by atoms with Gasteiger partial charge in [0, 0.05) is 18.9 Å². The maximum atomic E-state index is 5.36. The number of aromatic nitrogens is 2. The first kappa shape index (κ1) is 14.8. The molecule has 0 spiro atoms. The van der Waals surface area contributed by atoms with Gasteiger partial charge in [0.05, 0.1) is 17.7 Å². The van der Waals surface area contributed by atoms with E-state index in [4.69, 9.17) is 4.74 Å². The van der Waals surface area contributed by atoms with Crippen molar-refractivity contribution in [1.29, 1.82) is 0 Å². The van der Waals surface area contributed by atoms with Gasteiger partial charge in [0.2, 0.25) is 0 Å². The lowest BCUT2D eigenvalue weighted by Crippen LogP contribution is -2.16. The first-order valence-corrected chi connectivity index (χ1v) is 8.09. The second-order valence-electron chi connectivity index (χ2n) is 4.94. The predicted octanol–water partition coefficient (Wildman–Crippen LogP) is 3.48. The summed E-state index contributed by atoms with van der Waals surface area (Å²) in [4.78, 5) is 8.84. The van der Waals surface area contributed by atoms with E-state index < -0.39 is 0 Å². The number of ether oxygens (including phenoxy) is 1. The van der Waals surface area contributed by atoms with Gasteiger partial charge in [0.25, 0.3) is 0 Å². The lowest BCUT2D eigenvalue weighted by Gasteiger charge is -2.08. The summed E-state index contributed by atoms with van der Waals surface area (Å²) < 4.78 is 5.36. The third kappa shape index (κ3) is 3.55. The van der Waals surface area contributed by atoms with E-state index in [0.717, 1.165) is 36.0 Å². The second kappa shape index (κ2) is 7.24. The molecule has 2 heterocycles. The number of thiazole rings is 1. The Bertz CT molecular complexity index is 706. The first-order valence-electron chi connectivity index (χ1n) is 7.28. The SMILES string of the molecule is COc1ccccc1CCNCc1ncc(-c2ccc[nH]2)s1. The third-order valence-electron chi connectivity index (χ3n) is 3.46. The summed E-state index contributed by atoms with van der Waals surface area (Å²) in [6.07, 6.45) is 4.80. The van der Waals surface area contributed by atoms with Crippen molar-refractivity contribution in [3.05, 3.63) is 59.4 Å². The molecule has 22 heavy (non-hydrogen) atoms. The van der Waals surface area contributed by atoms with Crippen LogP contribution in [-0.4, -0.2) is 23.6 Å². The van der Waals surface area contributed by atoms with E-state index in [1.54, 1.807) is 18.4 Å². The standard InChI is InChI=1S/C17H19N3OS/c1-21-15-7-3-2-5-13(15)8-10-18-12-17-20-11-16(22-17)14-6-4-9-19-14/h2-7,9,11,18-19H,8,10,12H2,1H3. The highest BCUT2D eigenvalue weighted by Crippen LogP contribution is 2.24. The Morgan fingerprint density at radius 2 is 2.14 bits per heavy atom. The molecule has 0 aliphatic carbocycles. The molecular weight excluding hydrogens is 294 g/mol. The number of H-pyrrole nitrogens is 1. The number of hydrogen-bond donors (Lipinski definition) is 2. The van der Waals surface area contributed by atoms with Crippen molar-refractivity contribution in [2.75, 3.05) is 13.7 Å². The van der Waals surface area contributed by atoms with E-state index in [0.29, 0.717) is 0 Å². The number of para-hydroxylation sites is 1. The van der Waals surface area contributed by atoms with Gasteiger partial charge in [0.15, 0.2) is 0 Å². The molecule has 2 aromatic heterocycles. The van der Waals surface area contributed by atoms with Gasteiger partial charge in [0.1, 0.15) is 10.8 Å². The molecule has 0 aliphatic rings. The van der Waals surface area contributed by atoms with Gasteiger partial charge in [-0.15, -0.1) is 11.3 Å². The minimum Gasteiger partial charge on any atom is -0.496 e. The van der Waals surface area contributed by atoms with Crippen LogP contribution in [0.1, 0.15) is 10.6 Å². The molecule has 4 nitrogen and oxygen atoms in total. The lowest BCUT2D eigenvalue weighted by atomic mass is 10.1. The molecule has 0 saturated carbocycles. The number of rotatable bonds is 7. The highest BCUT2D eigenvalue weighted by Gasteiger charge is 2.05. The van der Waals surface area contributed by atoms with Crippen molar-refractivity contribution >= 4 is 11.3 Å². The van der Waals surface area contributed by atoms with Crippen molar-refractivity contribution in [3.63, 3.8) is 0 Å². The third-order valence-corrected chi connectivity index (χ3v) is 4.49. The van der Waals surface area contributed by atoms with Gasteiger partial charge in [-0.05, 0) is 36.7 Å². The number of hydrogen-bond acceptors (Lipinski definition) is 4. The molecule has 3 rings (SSSR count). The monoisotopic (exact) mass is 313 g/mol. The summed E-state index contributed by atoms with van der Waals surface area (Å²) in [6, 6.07) is 12.2. The van der Waals surface area contributed by atoms with E-state index in [2.05, 4.69) is 27.4 Å². The molecule has 0 unspecified atom stereocenters. The van der Waals surface area contributed by atoms with E-state index in [1.165, 1.54) is 10.4 Å². The molecule has 0 aliphatic heterocycles. The van der Waals surface area contributed by atoms with Crippen molar-refractivity contribution in [1.82, 2.24) is 15.3 Å². The Morgan fingerprint density at radius 3 is 2.95 bits per heavy atom. The molecule has 0 bridgehead atoms. The summed E-state index contributed by atoms with van der Waals surface area (Å²) >= 11 is 1.71. The fraction of sp³-hybridized carbons (Fsp3) is 0.235. The van der Waals surface area contributed by atoms with E-state index in [1.807, 2.05) is 36.7 Å². The van der Waals surface area contributed by atoms with Gasteiger partial charge < -0.3 is 15.0 Å². The molecule has 5 heteroatoms. The molecule has 0 atom stereocenters. The molecule has 3 aromatic rings. The van der Waals surface area contributed by atoms with E-state index in [9.17, 15) is 0 Å². The van der Waals surface area contributed by atoms with Gasteiger partial charge in [-0.25, -0.2) is 4.98 Å².